The molecule has 0 amide bonds. The van der Waals surface area contributed by atoms with Gasteiger partial charge in [-0.2, -0.15) is 0 Å². The number of hydrogen-bond donors (Lipinski definition) is 1. The first-order valence-corrected chi connectivity index (χ1v) is 8.03. The molecule has 1 aliphatic carbocycles. The SMILES string of the molecule is Cc1ccc(OCc2ccc(CNC3CC3)s2)c(C)c1. The Morgan fingerprint density at radius 1 is 1.15 bits per heavy atom. The summed E-state index contributed by atoms with van der Waals surface area (Å²) in [5, 5.41) is 3.54. The minimum atomic E-state index is 0.665. The Bertz CT molecular complexity index is 586. The van der Waals surface area contributed by atoms with Crippen LogP contribution >= 0.6 is 11.3 Å². The molecule has 1 fully saturated rings. The van der Waals surface area contributed by atoms with Crippen molar-refractivity contribution in [2.75, 3.05) is 0 Å². The van der Waals surface area contributed by atoms with E-state index in [0.29, 0.717) is 6.61 Å². The van der Waals surface area contributed by atoms with Gasteiger partial charge in [-0.15, -0.1) is 11.3 Å². The first kappa shape index (κ1) is 13.7. The maximum Gasteiger partial charge on any atom is 0.122 e. The fourth-order valence-corrected chi connectivity index (χ4v) is 3.12. The molecule has 1 aromatic heterocycles. The van der Waals surface area contributed by atoms with E-state index in [1.807, 2.05) is 11.3 Å². The van der Waals surface area contributed by atoms with Crippen LogP contribution < -0.4 is 10.1 Å². The average molecular weight is 287 g/mol. The van der Waals surface area contributed by atoms with Gasteiger partial charge in [0.15, 0.2) is 0 Å². The summed E-state index contributed by atoms with van der Waals surface area (Å²) < 4.78 is 5.92. The van der Waals surface area contributed by atoms with Gasteiger partial charge in [-0.3, -0.25) is 0 Å². The monoisotopic (exact) mass is 287 g/mol. The zero-order valence-electron chi connectivity index (χ0n) is 12.1. The molecule has 2 nitrogen and oxygen atoms in total. The summed E-state index contributed by atoms with van der Waals surface area (Å²) in [4.78, 5) is 2.69. The minimum absolute atomic E-state index is 0.665. The Hall–Kier alpha value is -1.32. The van der Waals surface area contributed by atoms with Crippen molar-refractivity contribution in [3.63, 3.8) is 0 Å². The molecule has 106 valence electrons. The molecule has 20 heavy (non-hydrogen) atoms. The molecule has 3 rings (SSSR count). The van der Waals surface area contributed by atoms with Gasteiger partial charge in [0.1, 0.15) is 12.4 Å². The number of rotatable bonds is 6. The van der Waals surface area contributed by atoms with Crippen molar-refractivity contribution in [2.45, 2.75) is 45.9 Å². The molecule has 0 radical (unpaired) electrons. The topological polar surface area (TPSA) is 21.3 Å². The van der Waals surface area contributed by atoms with Gasteiger partial charge in [-0.1, -0.05) is 17.7 Å². The number of benzene rings is 1. The lowest BCUT2D eigenvalue weighted by atomic mass is 10.1. The van der Waals surface area contributed by atoms with E-state index in [1.165, 1.54) is 33.7 Å². The van der Waals surface area contributed by atoms with Gasteiger partial charge in [-0.25, -0.2) is 0 Å². The lowest BCUT2D eigenvalue weighted by molar-refractivity contribution is 0.307. The van der Waals surface area contributed by atoms with Crippen molar-refractivity contribution in [2.24, 2.45) is 0 Å². The third-order valence-corrected chi connectivity index (χ3v) is 4.62. The van der Waals surface area contributed by atoms with Crippen LogP contribution in [0.25, 0.3) is 0 Å². The smallest absolute Gasteiger partial charge is 0.122 e. The van der Waals surface area contributed by atoms with Gasteiger partial charge in [0.25, 0.3) is 0 Å². The normalized spacial score (nSPS) is 14.5. The molecule has 1 aliphatic rings. The molecule has 0 aliphatic heterocycles. The Kier molecular flexibility index (Phi) is 4.08. The van der Waals surface area contributed by atoms with Gasteiger partial charge < -0.3 is 10.1 Å². The van der Waals surface area contributed by atoms with Gasteiger partial charge >= 0.3 is 0 Å². The van der Waals surface area contributed by atoms with Gasteiger partial charge in [0.05, 0.1) is 0 Å². The molecule has 2 aromatic rings. The van der Waals surface area contributed by atoms with Crippen LogP contribution in [0.15, 0.2) is 30.3 Å². The van der Waals surface area contributed by atoms with E-state index >= 15 is 0 Å². The van der Waals surface area contributed by atoms with E-state index < -0.39 is 0 Å². The predicted molar refractivity (Wildman–Crippen MR) is 84.4 cm³/mol. The van der Waals surface area contributed by atoms with E-state index in [0.717, 1.165) is 18.3 Å². The summed E-state index contributed by atoms with van der Waals surface area (Å²) in [6.45, 7) is 5.87. The predicted octanol–water partition coefficient (Wildman–Crippen LogP) is 4.20. The molecule has 0 saturated heterocycles. The molecule has 3 heteroatoms. The van der Waals surface area contributed by atoms with Gasteiger partial charge in [0.2, 0.25) is 0 Å². The second-order valence-corrected chi connectivity index (χ2v) is 6.83. The van der Waals surface area contributed by atoms with E-state index in [2.05, 4.69) is 49.5 Å². The Morgan fingerprint density at radius 2 is 1.95 bits per heavy atom. The maximum absolute atomic E-state index is 5.92. The van der Waals surface area contributed by atoms with Crippen molar-refractivity contribution in [1.29, 1.82) is 0 Å². The van der Waals surface area contributed by atoms with Crippen LogP contribution in [-0.4, -0.2) is 6.04 Å². The summed E-state index contributed by atoms with van der Waals surface area (Å²) in [6.07, 6.45) is 2.68. The highest BCUT2D eigenvalue weighted by Crippen LogP contribution is 2.24. The number of hydrogen-bond acceptors (Lipinski definition) is 3. The molecular weight excluding hydrogens is 266 g/mol. The quantitative estimate of drug-likeness (QED) is 0.860. The second-order valence-electron chi connectivity index (χ2n) is 5.58. The Labute approximate surface area is 124 Å². The number of aryl methyl sites for hydroxylation is 2. The molecule has 0 unspecified atom stereocenters. The number of thiophene rings is 1. The van der Waals surface area contributed by atoms with Crippen LogP contribution in [0, 0.1) is 13.8 Å². The van der Waals surface area contributed by atoms with Crippen molar-refractivity contribution < 1.29 is 4.74 Å². The maximum atomic E-state index is 5.92. The van der Waals surface area contributed by atoms with Crippen LogP contribution in [0.3, 0.4) is 0 Å². The summed E-state index contributed by atoms with van der Waals surface area (Å²) >= 11 is 1.84. The molecule has 0 spiro atoms. The number of ether oxygens (including phenoxy) is 1. The van der Waals surface area contributed by atoms with Crippen LogP contribution in [-0.2, 0) is 13.2 Å². The molecular formula is C17H21NOS. The molecule has 1 aromatic carbocycles. The van der Waals surface area contributed by atoms with Crippen LogP contribution in [0.2, 0.25) is 0 Å². The highest BCUT2D eigenvalue weighted by Gasteiger charge is 2.20. The van der Waals surface area contributed by atoms with E-state index in [1.54, 1.807) is 0 Å². The minimum Gasteiger partial charge on any atom is -0.488 e. The lowest BCUT2D eigenvalue weighted by Gasteiger charge is -2.08. The molecule has 0 atom stereocenters. The summed E-state index contributed by atoms with van der Waals surface area (Å²) in [5.74, 6) is 0.988. The molecule has 0 bridgehead atoms. The van der Waals surface area contributed by atoms with Crippen LogP contribution in [0.1, 0.15) is 33.7 Å². The van der Waals surface area contributed by atoms with E-state index in [9.17, 15) is 0 Å². The molecule has 1 N–H and O–H groups in total. The van der Waals surface area contributed by atoms with Gasteiger partial charge in [0, 0.05) is 22.3 Å². The van der Waals surface area contributed by atoms with E-state index in [4.69, 9.17) is 4.74 Å². The molecule has 1 heterocycles. The zero-order chi connectivity index (χ0) is 13.9. The summed E-state index contributed by atoms with van der Waals surface area (Å²) in [6, 6.07) is 11.5. The first-order valence-electron chi connectivity index (χ1n) is 7.22. The third-order valence-electron chi connectivity index (χ3n) is 3.56. The fraction of sp³-hybridized carbons (Fsp3) is 0.412. The number of nitrogens with one attached hydrogen (secondary N) is 1. The Balaban J connectivity index is 1.54. The largest absolute Gasteiger partial charge is 0.488 e. The Morgan fingerprint density at radius 3 is 2.70 bits per heavy atom. The van der Waals surface area contributed by atoms with Crippen molar-refractivity contribution in [3.05, 3.63) is 51.2 Å². The standard InChI is InChI=1S/C17H21NOS/c1-12-3-8-17(13(2)9-12)19-11-16-7-6-15(20-16)10-18-14-4-5-14/h3,6-9,14,18H,4-5,10-11H2,1-2H3. The highest BCUT2D eigenvalue weighted by molar-refractivity contribution is 7.11. The summed E-state index contributed by atoms with van der Waals surface area (Å²) in [5.41, 5.74) is 2.48. The van der Waals surface area contributed by atoms with Crippen molar-refractivity contribution >= 4 is 11.3 Å². The molecule has 1 saturated carbocycles. The van der Waals surface area contributed by atoms with Gasteiger partial charge in [-0.05, 0) is 50.5 Å². The fourth-order valence-electron chi connectivity index (χ4n) is 2.24. The average Bonchev–Trinajstić information content (AvgIpc) is 3.14. The zero-order valence-corrected chi connectivity index (χ0v) is 12.9. The summed E-state index contributed by atoms with van der Waals surface area (Å²) in [7, 11) is 0. The van der Waals surface area contributed by atoms with E-state index in [-0.39, 0.29) is 0 Å². The lowest BCUT2D eigenvalue weighted by Crippen LogP contribution is -2.14. The van der Waals surface area contributed by atoms with Crippen LogP contribution in [0.4, 0.5) is 0 Å². The van der Waals surface area contributed by atoms with Crippen molar-refractivity contribution in [3.8, 4) is 5.75 Å². The highest BCUT2D eigenvalue weighted by atomic mass is 32.1. The first-order chi connectivity index (χ1) is 9.70. The van der Waals surface area contributed by atoms with Crippen molar-refractivity contribution in [1.82, 2.24) is 5.32 Å². The van der Waals surface area contributed by atoms with Crippen LogP contribution in [0.5, 0.6) is 5.75 Å². The second kappa shape index (κ2) is 5.98. The third kappa shape index (κ3) is 3.62.